The molecule has 2 heterocycles. The molecule has 0 spiro atoms. The maximum absolute atomic E-state index is 12.9. The second-order valence-electron chi connectivity index (χ2n) is 6.88. The van der Waals surface area contributed by atoms with E-state index in [0.717, 1.165) is 16.0 Å². The van der Waals surface area contributed by atoms with Gasteiger partial charge in [-0.25, -0.2) is 13.2 Å². The number of aryl methyl sites for hydroxylation is 2. The molecule has 0 aliphatic carbocycles. The molecule has 0 atom stereocenters. The lowest BCUT2D eigenvalue weighted by molar-refractivity contribution is -0.895. The Morgan fingerprint density at radius 2 is 1.88 bits per heavy atom. The van der Waals surface area contributed by atoms with E-state index in [1.807, 2.05) is 13.0 Å². The van der Waals surface area contributed by atoms with Gasteiger partial charge < -0.3 is 10.2 Å². The molecule has 1 aromatic carbocycles. The van der Waals surface area contributed by atoms with Crippen LogP contribution >= 0.6 is 0 Å². The van der Waals surface area contributed by atoms with Crippen LogP contribution in [0.2, 0.25) is 0 Å². The number of amides is 3. The summed E-state index contributed by atoms with van der Waals surface area (Å²) in [7, 11) is -3.53. The van der Waals surface area contributed by atoms with Gasteiger partial charge in [-0.15, -0.1) is 0 Å². The van der Waals surface area contributed by atoms with Crippen LogP contribution in [0.25, 0.3) is 0 Å². The van der Waals surface area contributed by atoms with Crippen molar-refractivity contribution in [2.75, 3.05) is 45.8 Å². The lowest BCUT2D eigenvalue weighted by Gasteiger charge is -2.32. The van der Waals surface area contributed by atoms with Gasteiger partial charge in [0.25, 0.3) is 5.91 Å². The Morgan fingerprint density at radius 3 is 2.46 bits per heavy atom. The number of benzene rings is 1. The Morgan fingerprint density at radius 1 is 1.19 bits per heavy atom. The van der Waals surface area contributed by atoms with E-state index >= 15 is 0 Å². The topological polar surface area (TPSA) is 91.2 Å². The van der Waals surface area contributed by atoms with Gasteiger partial charge in [0.05, 0.1) is 31.1 Å². The van der Waals surface area contributed by atoms with Crippen molar-refractivity contribution in [2.24, 2.45) is 0 Å². The number of nitrogens with zero attached hydrogens (tertiary/aromatic N) is 2. The number of urea groups is 1. The van der Waals surface area contributed by atoms with Crippen LogP contribution in [0.3, 0.4) is 0 Å². The molecule has 3 rings (SSSR count). The molecule has 0 saturated carbocycles. The van der Waals surface area contributed by atoms with Crippen molar-refractivity contribution in [3.63, 3.8) is 0 Å². The Hall–Kier alpha value is -1.97. The molecule has 2 aliphatic heterocycles. The van der Waals surface area contributed by atoms with Crippen molar-refractivity contribution in [2.45, 2.75) is 18.7 Å². The summed E-state index contributed by atoms with van der Waals surface area (Å²) in [6.07, 6.45) is 0. The third-order valence-corrected chi connectivity index (χ3v) is 7.00. The summed E-state index contributed by atoms with van der Waals surface area (Å²) in [5, 5.41) is 2.61. The van der Waals surface area contributed by atoms with Crippen LogP contribution in [0.15, 0.2) is 23.1 Å². The van der Waals surface area contributed by atoms with E-state index in [1.165, 1.54) is 9.21 Å². The fourth-order valence-corrected chi connectivity index (χ4v) is 5.11. The summed E-state index contributed by atoms with van der Waals surface area (Å²) >= 11 is 0. The van der Waals surface area contributed by atoms with Crippen LogP contribution in [0.1, 0.15) is 11.1 Å². The number of rotatable bonds is 4. The minimum absolute atomic E-state index is 0.208. The van der Waals surface area contributed by atoms with E-state index < -0.39 is 10.0 Å². The van der Waals surface area contributed by atoms with Gasteiger partial charge in [0, 0.05) is 13.1 Å². The van der Waals surface area contributed by atoms with Gasteiger partial charge in [-0.3, -0.25) is 9.69 Å². The van der Waals surface area contributed by atoms with Gasteiger partial charge in [-0.2, -0.15) is 4.31 Å². The smallest absolute Gasteiger partial charge is 0.324 e. The van der Waals surface area contributed by atoms with Gasteiger partial charge in [-0.05, 0) is 25.5 Å². The third kappa shape index (κ3) is 3.74. The quantitative estimate of drug-likeness (QED) is 0.682. The minimum Gasteiger partial charge on any atom is -0.336 e. The number of imide groups is 1. The Bertz CT molecular complexity index is 816. The Balaban J connectivity index is 1.61. The average molecular weight is 381 g/mol. The van der Waals surface area contributed by atoms with E-state index in [0.29, 0.717) is 44.2 Å². The van der Waals surface area contributed by atoms with E-state index in [9.17, 15) is 18.0 Å². The number of quaternary nitrogens is 1. The van der Waals surface area contributed by atoms with Crippen molar-refractivity contribution in [3.05, 3.63) is 29.3 Å². The first-order chi connectivity index (χ1) is 12.3. The number of sulfonamides is 1. The second kappa shape index (κ2) is 7.34. The van der Waals surface area contributed by atoms with Gasteiger partial charge in [-0.1, -0.05) is 17.7 Å². The predicted molar refractivity (Wildman–Crippen MR) is 95.4 cm³/mol. The first kappa shape index (κ1) is 18.8. The van der Waals surface area contributed by atoms with Crippen LogP contribution in [0.5, 0.6) is 0 Å². The molecular weight excluding hydrogens is 356 g/mol. The zero-order chi connectivity index (χ0) is 18.9. The second-order valence-corrected chi connectivity index (χ2v) is 8.78. The van der Waals surface area contributed by atoms with Crippen molar-refractivity contribution in [1.82, 2.24) is 14.5 Å². The van der Waals surface area contributed by atoms with Crippen molar-refractivity contribution < 1.29 is 22.9 Å². The molecule has 0 unspecified atom stereocenters. The van der Waals surface area contributed by atoms with Gasteiger partial charge in [0.2, 0.25) is 10.0 Å². The molecular formula is C17H25N4O4S+. The highest BCUT2D eigenvalue weighted by molar-refractivity contribution is 7.89. The summed E-state index contributed by atoms with van der Waals surface area (Å²) in [4.78, 5) is 26.3. The molecule has 0 bridgehead atoms. The first-order valence-corrected chi connectivity index (χ1v) is 10.2. The molecule has 0 aromatic heterocycles. The third-order valence-electron chi connectivity index (χ3n) is 4.94. The molecule has 1 aromatic rings. The van der Waals surface area contributed by atoms with E-state index in [-0.39, 0.29) is 18.5 Å². The van der Waals surface area contributed by atoms with Crippen LogP contribution < -0.4 is 10.2 Å². The van der Waals surface area contributed by atoms with E-state index in [2.05, 4.69) is 5.32 Å². The monoisotopic (exact) mass is 381 g/mol. The zero-order valence-electron chi connectivity index (χ0n) is 15.1. The number of carbonyl (C=O) groups excluding carboxylic acids is 2. The summed E-state index contributed by atoms with van der Waals surface area (Å²) in [5.41, 5.74) is 1.77. The summed E-state index contributed by atoms with van der Waals surface area (Å²) in [6.45, 7) is 6.67. The number of piperazine rings is 1. The van der Waals surface area contributed by atoms with Crippen molar-refractivity contribution >= 4 is 22.0 Å². The summed E-state index contributed by atoms with van der Waals surface area (Å²) in [5.74, 6) is -0.208. The number of hydrogen-bond donors (Lipinski definition) is 2. The van der Waals surface area contributed by atoms with Crippen molar-refractivity contribution in [3.8, 4) is 0 Å². The average Bonchev–Trinajstić information content (AvgIpc) is 3.01. The van der Waals surface area contributed by atoms with Crippen molar-refractivity contribution in [1.29, 1.82) is 0 Å². The Kier molecular flexibility index (Phi) is 5.31. The molecule has 2 saturated heterocycles. The molecule has 9 heteroatoms. The number of nitrogens with one attached hydrogen (secondary N) is 2. The molecule has 26 heavy (non-hydrogen) atoms. The molecule has 2 N–H and O–H groups in total. The summed E-state index contributed by atoms with van der Waals surface area (Å²) in [6, 6.07) is 5.00. The molecule has 142 valence electrons. The maximum Gasteiger partial charge on any atom is 0.324 e. The lowest BCUT2D eigenvalue weighted by Crippen LogP contribution is -3.15. The minimum atomic E-state index is -3.53. The van der Waals surface area contributed by atoms with Gasteiger partial charge in [0.1, 0.15) is 0 Å². The standard InChI is InChI=1S/C17H24N4O4S/c1-13-3-4-15(14(2)11-13)26(24,25)20-9-7-19(8-10-20)12-16(22)21-6-5-18-17(21)23/h3-4,11H,5-10,12H2,1-2H3,(H,18,23)/p+1. The van der Waals surface area contributed by atoms with Crippen LogP contribution in [-0.4, -0.2) is 75.4 Å². The van der Waals surface area contributed by atoms with Crippen LogP contribution in [0, 0.1) is 13.8 Å². The Labute approximate surface area is 153 Å². The molecule has 3 amide bonds. The number of hydrogen-bond acceptors (Lipinski definition) is 4. The predicted octanol–water partition coefficient (Wildman–Crippen LogP) is -1.26. The molecule has 8 nitrogen and oxygen atoms in total. The highest BCUT2D eigenvalue weighted by Gasteiger charge is 2.34. The van der Waals surface area contributed by atoms with Gasteiger partial charge >= 0.3 is 6.03 Å². The fourth-order valence-electron chi connectivity index (χ4n) is 3.47. The van der Waals surface area contributed by atoms with Gasteiger partial charge in [0.15, 0.2) is 6.54 Å². The normalized spacial score (nSPS) is 19.6. The number of carbonyl (C=O) groups is 2. The summed E-state index contributed by atoms with van der Waals surface area (Å²) < 4.78 is 27.3. The maximum atomic E-state index is 12.9. The van der Waals surface area contributed by atoms with Crippen LogP contribution in [0.4, 0.5) is 4.79 Å². The largest absolute Gasteiger partial charge is 0.336 e. The highest BCUT2D eigenvalue weighted by Crippen LogP contribution is 2.20. The van der Waals surface area contributed by atoms with E-state index in [4.69, 9.17) is 0 Å². The van der Waals surface area contributed by atoms with E-state index in [1.54, 1.807) is 19.1 Å². The lowest BCUT2D eigenvalue weighted by atomic mass is 10.2. The van der Waals surface area contributed by atoms with Crippen LogP contribution in [-0.2, 0) is 14.8 Å². The molecule has 0 radical (unpaired) electrons. The SMILES string of the molecule is Cc1ccc(S(=O)(=O)N2CC[NH+](CC(=O)N3CCNC3=O)CC2)c(C)c1. The molecule has 2 aliphatic rings. The molecule has 2 fully saturated rings. The first-order valence-electron chi connectivity index (χ1n) is 8.78. The zero-order valence-corrected chi connectivity index (χ0v) is 15.9. The highest BCUT2D eigenvalue weighted by atomic mass is 32.2. The fraction of sp³-hybridized carbons (Fsp3) is 0.529.